The van der Waals surface area contributed by atoms with E-state index in [1.54, 1.807) is 27.3 Å². The molecule has 0 atom stereocenters. The lowest BCUT2D eigenvalue weighted by molar-refractivity contribution is -0.333. The maximum atomic E-state index is 15.9. The third-order valence-corrected chi connectivity index (χ3v) is 9.35. The van der Waals surface area contributed by atoms with Gasteiger partial charge in [0.2, 0.25) is 23.4 Å². The van der Waals surface area contributed by atoms with E-state index in [9.17, 15) is 45.1 Å². The van der Waals surface area contributed by atoms with Crippen molar-refractivity contribution in [3.05, 3.63) is 130 Å². The number of amides is 3. The number of halogens is 8. The van der Waals surface area contributed by atoms with Crippen molar-refractivity contribution in [1.29, 1.82) is 0 Å². The number of aromatic amines is 1. The molecule has 300 valence electrons. The molecule has 18 heteroatoms. The zero-order chi connectivity index (χ0) is 41.6. The van der Waals surface area contributed by atoms with E-state index >= 15 is 4.32 Å². The van der Waals surface area contributed by atoms with Crippen LogP contribution in [0.5, 0.6) is 0 Å². The molecule has 0 unspecified atom stereocenters. The third kappa shape index (κ3) is 9.76. The van der Waals surface area contributed by atoms with Crippen molar-refractivity contribution in [2.24, 2.45) is 0 Å². The summed E-state index contributed by atoms with van der Waals surface area (Å²) in [6, 6.07) is 12.7. The zero-order valence-corrected chi connectivity index (χ0v) is 30.5. The smallest absolute Gasteiger partial charge is 0.356 e. The fourth-order valence-electron chi connectivity index (χ4n) is 6.49. The summed E-state index contributed by atoms with van der Waals surface area (Å²) >= 11 is 0. The number of anilines is 1. The highest BCUT2D eigenvalue weighted by molar-refractivity contribution is 6.43. The van der Waals surface area contributed by atoms with Crippen LogP contribution >= 0.6 is 0 Å². The Morgan fingerprint density at radius 3 is 2.34 bits per heavy atom. The Kier molecular flexibility index (Phi) is 12.4. The molecule has 4 heterocycles. The van der Waals surface area contributed by atoms with Gasteiger partial charge < -0.3 is 20.5 Å². The normalized spacial score (nSPS) is 13.4. The molecule has 0 saturated carbocycles. The largest absolute Gasteiger partial charge is 0.846 e. The third-order valence-electron chi connectivity index (χ3n) is 9.35. The maximum Gasteiger partial charge on any atom is 0.846 e. The van der Waals surface area contributed by atoms with Gasteiger partial charge in [-0.1, -0.05) is 17.9 Å². The lowest BCUT2D eigenvalue weighted by atomic mass is 9.96. The van der Waals surface area contributed by atoms with Crippen LogP contribution in [0.15, 0.2) is 90.8 Å². The second-order valence-electron chi connectivity index (χ2n) is 13.3. The van der Waals surface area contributed by atoms with E-state index in [1.807, 2.05) is 30.4 Å². The Morgan fingerprint density at radius 2 is 1.64 bits per heavy atom. The maximum absolute atomic E-state index is 15.9. The number of carbonyl (C=O) groups excluding carboxylic acids is 3. The van der Waals surface area contributed by atoms with Gasteiger partial charge in [0.1, 0.15) is 11.5 Å². The van der Waals surface area contributed by atoms with Crippen molar-refractivity contribution in [1.82, 2.24) is 20.1 Å². The zero-order valence-electron chi connectivity index (χ0n) is 30.5. The summed E-state index contributed by atoms with van der Waals surface area (Å²) < 4.78 is 113. The molecule has 4 aromatic rings. The number of carbonyl (C=O) groups is 3. The first-order valence-corrected chi connectivity index (χ1v) is 18.0. The number of rotatable bonds is 13. The van der Waals surface area contributed by atoms with E-state index < -0.39 is 66.9 Å². The lowest BCUT2D eigenvalue weighted by Gasteiger charge is -2.22. The fourth-order valence-corrected chi connectivity index (χ4v) is 6.49. The standard InChI is InChI=1S/C40H33BF8N6O3/c42-28-9-11-29(12-10-28)53(38(58)23-26-7-8-27(39(43,44)45)24-33(26)40(46,47)48)22-2-1-19-51-36(56)6-4-21-52-37(57)18-16-30-13-14-31-25-32-15-17-35(34-5-3-20-50-34)55(32)41(49)54(30)31/h3,5,7-15,17,20,24-25H,4,6,16,18-19,21-23H2,(H2,51,52,56,57)/p+1. The first-order valence-electron chi connectivity index (χ1n) is 18.0. The molecule has 9 nitrogen and oxygen atoms in total. The Labute approximate surface area is 327 Å². The van der Waals surface area contributed by atoms with Crippen LogP contribution in [-0.2, 0) is 39.6 Å². The summed E-state index contributed by atoms with van der Waals surface area (Å²) in [6.07, 6.45) is -3.14. The van der Waals surface area contributed by atoms with Gasteiger partial charge in [-0.25, -0.2) is 13.2 Å². The number of aromatic nitrogens is 2. The number of H-pyrrole nitrogens is 1. The van der Waals surface area contributed by atoms with Gasteiger partial charge in [0, 0.05) is 60.9 Å². The molecule has 3 amide bonds. The van der Waals surface area contributed by atoms with Crippen LogP contribution in [0.2, 0.25) is 0 Å². The lowest BCUT2D eigenvalue weighted by Crippen LogP contribution is -2.40. The predicted molar refractivity (Wildman–Crippen MR) is 199 cm³/mol. The van der Waals surface area contributed by atoms with E-state index in [-0.39, 0.29) is 50.0 Å². The molecule has 6 rings (SSSR count). The molecule has 0 radical (unpaired) electrons. The molecular formula is C40H34BF8N6O3+. The molecule has 0 fully saturated rings. The number of alkyl halides is 6. The molecule has 0 saturated heterocycles. The highest BCUT2D eigenvalue weighted by atomic mass is 19.4. The van der Waals surface area contributed by atoms with Gasteiger partial charge in [0.15, 0.2) is 5.70 Å². The quantitative estimate of drug-likeness (QED) is 0.0627. The van der Waals surface area contributed by atoms with Crippen molar-refractivity contribution in [2.75, 3.05) is 24.5 Å². The molecule has 58 heavy (non-hydrogen) atoms. The summed E-state index contributed by atoms with van der Waals surface area (Å²) in [5.41, 5.74) is -0.260. The van der Waals surface area contributed by atoms with Gasteiger partial charge in [-0.15, -0.1) is 0 Å². The summed E-state index contributed by atoms with van der Waals surface area (Å²) in [5.74, 6) is 2.97. The molecule has 0 spiro atoms. The van der Waals surface area contributed by atoms with Crippen molar-refractivity contribution >= 4 is 42.5 Å². The first-order chi connectivity index (χ1) is 27.6. The van der Waals surface area contributed by atoms with E-state index in [4.69, 9.17) is 0 Å². The average molecular weight is 810 g/mol. The molecule has 3 N–H and O–H groups in total. The minimum atomic E-state index is -5.19. The van der Waals surface area contributed by atoms with Crippen LogP contribution in [0.4, 0.5) is 40.7 Å². The molecule has 2 aromatic heterocycles. The van der Waals surface area contributed by atoms with Crippen molar-refractivity contribution in [3.63, 3.8) is 0 Å². The number of allylic oxidation sites excluding steroid dienone is 2. The fraction of sp³-hybridized carbons (Fsp3) is 0.250. The summed E-state index contributed by atoms with van der Waals surface area (Å²) in [5, 5.41) is 5.30. The summed E-state index contributed by atoms with van der Waals surface area (Å²) in [6.45, 7) is -0.369. The predicted octanol–water partition coefficient (Wildman–Crippen LogP) is 6.45. The van der Waals surface area contributed by atoms with E-state index in [2.05, 4.69) is 27.5 Å². The topological polar surface area (TPSA) is 102 Å². The number of hydrogen-bond donors (Lipinski definition) is 3. The van der Waals surface area contributed by atoms with Gasteiger partial charge in [0.05, 0.1) is 30.6 Å². The highest BCUT2D eigenvalue weighted by Gasteiger charge is 2.48. The minimum Gasteiger partial charge on any atom is -0.356 e. The molecular weight excluding hydrogens is 775 g/mol. The van der Waals surface area contributed by atoms with E-state index in [1.165, 1.54) is 12.1 Å². The van der Waals surface area contributed by atoms with Crippen LogP contribution in [0.3, 0.4) is 0 Å². The number of nitrogens with zero attached hydrogens (tertiary/aromatic N) is 3. The number of nitrogens with one attached hydrogen (secondary N) is 3. The number of aryl methyl sites for hydroxylation is 1. The van der Waals surface area contributed by atoms with Gasteiger partial charge in [-0.05, 0) is 79.1 Å². The Balaban J connectivity index is 0.956. The summed E-state index contributed by atoms with van der Waals surface area (Å²) in [7, 11) is -1.51. The van der Waals surface area contributed by atoms with Crippen molar-refractivity contribution < 1.29 is 53.9 Å². The van der Waals surface area contributed by atoms with Gasteiger partial charge >= 0.3 is 19.6 Å². The molecule has 0 aliphatic carbocycles. The second kappa shape index (κ2) is 17.4. The minimum absolute atomic E-state index is 0.0325. The van der Waals surface area contributed by atoms with Crippen LogP contribution in [0, 0.1) is 17.7 Å². The Hall–Kier alpha value is -6.38. The molecule has 2 aromatic carbocycles. The van der Waals surface area contributed by atoms with E-state index in [0.29, 0.717) is 41.4 Å². The highest BCUT2D eigenvalue weighted by Crippen LogP contribution is 2.38. The second-order valence-corrected chi connectivity index (χ2v) is 13.3. The van der Waals surface area contributed by atoms with E-state index in [0.717, 1.165) is 22.7 Å². The number of benzene rings is 2. The Bertz CT molecular complexity index is 2340. The van der Waals surface area contributed by atoms with Gasteiger partial charge in [0.25, 0.3) is 0 Å². The average Bonchev–Trinajstić information content (AvgIpc) is 3.95. The van der Waals surface area contributed by atoms with Crippen molar-refractivity contribution in [3.8, 4) is 11.8 Å². The molecule has 2 aliphatic heterocycles. The Morgan fingerprint density at radius 1 is 0.879 bits per heavy atom. The molecule has 2 aliphatic rings. The summed E-state index contributed by atoms with van der Waals surface area (Å²) in [4.78, 5) is 42.2. The van der Waals surface area contributed by atoms with Crippen LogP contribution in [0.1, 0.15) is 53.0 Å². The van der Waals surface area contributed by atoms with Crippen LogP contribution < -0.4 is 15.5 Å². The van der Waals surface area contributed by atoms with Gasteiger partial charge in [-0.2, -0.15) is 26.3 Å². The number of hydrogen-bond acceptors (Lipinski definition) is 3. The van der Waals surface area contributed by atoms with Crippen LogP contribution in [-0.4, -0.2) is 64.3 Å². The van der Waals surface area contributed by atoms with Gasteiger partial charge in [-0.3, -0.25) is 18.9 Å². The number of fused-ring (bicyclic) bond motifs is 2. The first kappa shape index (κ1) is 41.3. The monoisotopic (exact) mass is 809 g/mol. The molecule has 0 bridgehead atoms. The van der Waals surface area contributed by atoms with Crippen molar-refractivity contribution in [2.45, 2.75) is 44.5 Å². The SMILES string of the molecule is O=C(CCCNC(=O)CCc1ccc2n1B(F)[N+]1=C(c3ccc[nH]3)C=CC1=C2)NCC#CCN(C(=O)Cc1ccc(C(F)(F)F)cc1C(F)(F)F)c1ccc(F)cc1. The van der Waals surface area contributed by atoms with Crippen LogP contribution in [0.25, 0.3) is 6.08 Å².